The first kappa shape index (κ1) is 15.6. The van der Waals surface area contributed by atoms with E-state index in [4.69, 9.17) is 0 Å². The zero-order valence-electron chi connectivity index (χ0n) is 14.1. The number of hydrogen-bond donors (Lipinski definition) is 1. The Hall–Kier alpha value is -1.91. The molecule has 4 heteroatoms. The topological polar surface area (TPSA) is 33.1 Å². The molecule has 1 N–H and O–H groups in total. The van der Waals surface area contributed by atoms with Crippen molar-refractivity contribution in [1.29, 1.82) is 0 Å². The molecule has 0 bridgehead atoms. The van der Waals surface area contributed by atoms with Gasteiger partial charge in [0.1, 0.15) is 0 Å². The van der Waals surface area contributed by atoms with Crippen LogP contribution in [0.5, 0.6) is 0 Å². The first-order valence-corrected chi connectivity index (χ1v) is 8.97. The van der Waals surface area contributed by atoms with E-state index in [1.807, 2.05) is 12.4 Å². The van der Waals surface area contributed by atoms with Crippen LogP contribution in [-0.4, -0.2) is 33.8 Å². The van der Waals surface area contributed by atoms with Crippen LogP contribution >= 0.6 is 0 Å². The largest absolute Gasteiger partial charge is 0.309 e. The summed E-state index contributed by atoms with van der Waals surface area (Å²) >= 11 is 0. The lowest BCUT2D eigenvalue weighted by molar-refractivity contribution is 0.288. The molecule has 4 nitrogen and oxygen atoms in total. The van der Waals surface area contributed by atoms with Gasteiger partial charge in [-0.2, -0.15) is 5.10 Å². The van der Waals surface area contributed by atoms with E-state index in [1.165, 1.54) is 37.1 Å². The van der Waals surface area contributed by atoms with Crippen molar-refractivity contribution < 1.29 is 0 Å². The Morgan fingerprint density at radius 3 is 2.83 bits per heavy atom. The van der Waals surface area contributed by atoms with Crippen LogP contribution in [0.3, 0.4) is 0 Å². The SMILES string of the molecule is C=Cn1cc(CN[C@@H]2CC[C@H]3CN(Cc4ccccc4)C[C@@H]32)cn1. The Morgan fingerprint density at radius 1 is 1.17 bits per heavy atom. The molecule has 2 heterocycles. The highest BCUT2D eigenvalue weighted by molar-refractivity contribution is 5.18. The third-order valence-electron chi connectivity index (χ3n) is 5.59. The fraction of sp³-hybridized carbons (Fsp3) is 0.450. The van der Waals surface area contributed by atoms with Crippen LogP contribution in [0.4, 0.5) is 0 Å². The number of nitrogens with one attached hydrogen (secondary N) is 1. The van der Waals surface area contributed by atoms with Crippen molar-refractivity contribution in [3.8, 4) is 0 Å². The molecule has 0 radical (unpaired) electrons. The minimum Gasteiger partial charge on any atom is -0.309 e. The van der Waals surface area contributed by atoms with Gasteiger partial charge in [0.15, 0.2) is 0 Å². The van der Waals surface area contributed by atoms with Crippen LogP contribution in [-0.2, 0) is 13.1 Å². The van der Waals surface area contributed by atoms with Gasteiger partial charge < -0.3 is 5.32 Å². The fourth-order valence-corrected chi connectivity index (χ4v) is 4.40. The minimum absolute atomic E-state index is 0.642. The molecule has 2 aliphatic rings. The normalized spacial score (nSPS) is 26.6. The quantitative estimate of drug-likeness (QED) is 0.887. The van der Waals surface area contributed by atoms with Crippen LogP contribution in [0.1, 0.15) is 24.0 Å². The van der Waals surface area contributed by atoms with Gasteiger partial charge in [-0.1, -0.05) is 36.9 Å². The monoisotopic (exact) mass is 322 g/mol. The first-order chi connectivity index (χ1) is 11.8. The number of rotatable bonds is 6. The standard InChI is InChI=1S/C20H26N4/c1-2-24-13-17(11-22-24)10-21-20-9-8-18-14-23(15-19(18)20)12-16-6-4-3-5-7-16/h2-7,11,13,18-21H,1,8-10,12,14-15H2/t18-,19-,20+/m0/s1. The first-order valence-electron chi connectivity index (χ1n) is 8.97. The maximum Gasteiger partial charge on any atom is 0.0538 e. The lowest BCUT2D eigenvalue weighted by Gasteiger charge is -2.21. The summed E-state index contributed by atoms with van der Waals surface area (Å²) in [6.07, 6.45) is 8.37. The Kier molecular flexibility index (Phi) is 4.50. The van der Waals surface area contributed by atoms with Gasteiger partial charge in [0.2, 0.25) is 0 Å². The van der Waals surface area contributed by atoms with Gasteiger partial charge in [-0.3, -0.25) is 4.90 Å². The molecule has 0 amide bonds. The lowest BCUT2D eigenvalue weighted by atomic mass is 9.98. The molecule has 2 fully saturated rings. The third-order valence-corrected chi connectivity index (χ3v) is 5.59. The Labute approximate surface area is 144 Å². The zero-order chi connectivity index (χ0) is 16.4. The van der Waals surface area contributed by atoms with Crippen molar-refractivity contribution in [2.45, 2.75) is 32.0 Å². The highest BCUT2D eigenvalue weighted by Crippen LogP contribution is 2.38. The van der Waals surface area contributed by atoms with Gasteiger partial charge in [0, 0.05) is 50.2 Å². The number of likely N-dealkylation sites (tertiary alicyclic amines) is 1. The highest BCUT2D eigenvalue weighted by Gasteiger charge is 2.42. The van der Waals surface area contributed by atoms with E-state index in [-0.39, 0.29) is 0 Å². The summed E-state index contributed by atoms with van der Waals surface area (Å²) in [5.74, 6) is 1.66. The van der Waals surface area contributed by atoms with Gasteiger partial charge in [-0.15, -0.1) is 0 Å². The predicted molar refractivity (Wildman–Crippen MR) is 97.2 cm³/mol. The second-order valence-electron chi connectivity index (χ2n) is 7.18. The Morgan fingerprint density at radius 2 is 2.04 bits per heavy atom. The highest BCUT2D eigenvalue weighted by atomic mass is 15.2. The number of benzene rings is 1. The van der Waals surface area contributed by atoms with Crippen LogP contribution in [0.15, 0.2) is 49.3 Å². The predicted octanol–water partition coefficient (Wildman–Crippen LogP) is 2.98. The van der Waals surface area contributed by atoms with Crippen LogP contribution < -0.4 is 5.32 Å². The molecule has 1 saturated carbocycles. The van der Waals surface area contributed by atoms with Crippen LogP contribution in [0.25, 0.3) is 6.20 Å². The summed E-state index contributed by atoms with van der Waals surface area (Å²) in [4.78, 5) is 2.63. The van der Waals surface area contributed by atoms with E-state index in [0.29, 0.717) is 6.04 Å². The van der Waals surface area contributed by atoms with Crippen molar-refractivity contribution in [1.82, 2.24) is 20.0 Å². The van der Waals surface area contributed by atoms with Crippen molar-refractivity contribution in [3.63, 3.8) is 0 Å². The van der Waals surface area contributed by atoms with Crippen LogP contribution in [0, 0.1) is 11.8 Å². The van der Waals surface area contributed by atoms with Gasteiger partial charge >= 0.3 is 0 Å². The molecule has 4 rings (SSSR count). The number of aromatic nitrogens is 2. The molecular formula is C20H26N4. The number of fused-ring (bicyclic) bond motifs is 1. The summed E-state index contributed by atoms with van der Waals surface area (Å²) in [5.41, 5.74) is 2.66. The molecule has 24 heavy (non-hydrogen) atoms. The van der Waals surface area contributed by atoms with Gasteiger partial charge in [0.25, 0.3) is 0 Å². The van der Waals surface area contributed by atoms with E-state index >= 15 is 0 Å². The molecule has 1 aliphatic carbocycles. The van der Waals surface area contributed by atoms with Gasteiger partial charge in [0.05, 0.1) is 6.20 Å². The molecule has 0 unspecified atom stereocenters. The molecule has 126 valence electrons. The summed E-state index contributed by atoms with van der Waals surface area (Å²) in [6, 6.07) is 11.5. The minimum atomic E-state index is 0.642. The molecular weight excluding hydrogens is 296 g/mol. The lowest BCUT2D eigenvalue weighted by Crippen LogP contribution is -2.35. The summed E-state index contributed by atoms with van der Waals surface area (Å²) < 4.78 is 1.77. The molecule has 1 saturated heterocycles. The van der Waals surface area contributed by atoms with Crippen molar-refractivity contribution in [2.24, 2.45) is 11.8 Å². The van der Waals surface area contributed by atoms with E-state index in [0.717, 1.165) is 24.9 Å². The van der Waals surface area contributed by atoms with Crippen molar-refractivity contribution >= 4 is 6.20 Å². The molecule has 3 atom stereocenters. The number of nitrogens with zero attached hydrogens (tertiary/aromatic N) is 3. The molecule has 1 aliphatic heterocycles. The average molecular weight is 322 g/mol. The second kappa shape index (κ2) is 6.91. The molecule has 1 aromatic heterocycles. The van der Waals surface area contributed by atoms with Crippen molar-refractivity contribution in [3.05, 3.63) is 60.4 Å². The molecule has 1 aromatic carbocycles. The zero-order valence-corrected chi connectivity index (χ0v) is 14.1. The van der Waals surface area contributed by atoms with E-state index < -0.39 is 0 Å². The molecule has 2 aromatic rings. The van der Waals surface area contributed by atoms with E-state index in [9.17, 15) is 0 Å². The molecule has 0 spiro atoms. The second-order valence-corrected chi connectivity index (χ2v) is 7.18. The van der Waals surface area contributed by atoms with Crippen molar-refractivity contribution in [2.75, 3.05) is 13.1 Å². The van der Waals surface area contributed by atoms with E-state index in [2.05, 4.69) is 52.2 Å². The average Bonchev–Trinajstić information content (AvgIpc) is 3.30. The fourth-order valence-electron chi connectivity index (χ4n) is 4.40. The maximum atomic E-state index is 4.26. The smallest absolute Gasteiger partial charge is 0.0538 e. The maximum absolute atomic E-state index is 4.26. The van der Waals surface area contributed by atoms with Gasteiger partial charge in [-0.25, -0.2) is 4.68 Å². The van der Waals surface area contributed by atoms with Gasteiger partial charge in [-0.05, 0) is 30.2 Å². The Bertz CT molecular complexity index is 678. The summed E-state index contributed by atoms with van der Waals surface area (Å²) in [7, 11) is 0. The summed E-state index contributed by atoms with van der Waals surface area (Å²) in [6.45, 7) is 8.22. The van der Waals surface area contributed by atoms with E-state index in [1.54, 1.807) is 10.9 Å². The Balaban J connectivity index is 1.32. The summed E-state index contributed by atoms with van der Waals surface area (Å²) in [5, 5.41) is 8.03. The van der Waals surface area contributed by atoms with Crippen LogP contribution in [0.2, 0.25) is 0 Å². The third kappa shape index (κ3) is 3.30. The number of hydrogen-bond acceptors (Lipinski definition) is 3.